The molecule has 0 aromatic heterocycles. The van der Waals surface area contributed by atoms with Crippen LogP contribution in [-0.2, 0) is 0 Å². The summed E-state index contributed by atoms with van der Waals surface area (Å²) in [6.45, 7) is 0. The van der Waals surface area contributed by atoms with Gasteiger partial charge in [0.1, 0.15) is 0 Å². The Hall–Kier alpha value is -3.92. The average Bonchev–Trinajstić information content (AvgIpc) is 2.73. The van der Waals surface area contributed by atoms with Crippen LogP contribution < -0.4 is 20.4 Å². The van der Waals surface area contributed by atoms with E-state index in [1.54, 1.807) is 0 Å². The molecule has 0 unspecified atom stereocenters. The second-order valence-corrected chi connectivity index (χ2v) is 6.52. The van der Waals surface area contributed by atoms with Crippen molar-refractivity contribution in [3.8, 4) is 0 Å². The van der Waals surface area contributed by atoms with Crippen LogP contribution in [0.15, 0.2) is 103 Å². The minimum atomic E-state index is 0.759. The van der Waals surface area contributed by atoms with Crippen LogP contribution in [0.3, 0.4) is 0 Å². The molecule has 28 heavy (non-hydrogen) atoms. The van der Waals surface area contributed by atoms with E-state index in [1.165, 1.54) is 0 Å². The van der Waals surface area contributed by atoms with Gasteiger partial charge < -0.3 is 0 Å². The quantitative estimate of drug-likeness (QED) is 0.468. The third kappa shape index (κ3) is 4.62. The molecule has 0 saturated carbocycles. The summed E-state index contributed by atoms with van der Waals surface area (Å²) in [6.07, 6.45) is 15.9. The molecule has 0 atom stereocenters. The van der Waals surface area contributed by atoms with Crippen molar-refractivity contribution in [2.45, 2.75) is 0 Å². The summed E-state index contributed by atoms with van der Waals surface area (Å²) in [5.74, 6) is 0. The number of nitrogens with two attached hydrogens (primary N) is 1. The van der Waals surface area contributed by atoms with Gasteiger partial charge in [-0.3, -0.25) is 5.41 Å². The van der Waals surface area contributed by atoms with Crippen LogP contribution in [-0.4, -0.2) is 22.8 Å². The summed E-state index contributed by atoms with van der Waals surface area (Å²) in [7, 11) is 0. The Kier molecular flexibility index (Phi) is 5.11. The summed E-state index contributed by atoms with van der Waals surface area (Å²) < 4.78 is 0. The van der Waals surface area contributed by atoms with Crippen LogP contribution in [0.4, 0.5) is 17.1 Å². The molecule has 2 aromatic carbocycles. The van der Waals surface area contributed by atoms with Crippen molar-refractivity contribution in [1.82, 2.24) is 0 Å². The summed E-state index contributed by atoms with van der Waals surface area (Å²) in [4.78, 5) is 10.2. The van der Waals surface area contributed by atoms with Crippen molar-refractivity contribution in [1.29, 1.82) is 0 Å². The Morgan fingerprint density at radius 2 is 0.786 bits per heavy atom. The molecule has 4 nitrogen and oxygen atoms in total. The summed E-state index contributed by atoms with van der Waals surface area (Å²) in [5.41, 5.74) is 7.00. The topological polar surface area (TPSA) is 67.5 Å². The van der Waals surface area contributed by atoms with E-state index in [1.807, 2.05) is 66.8 Å². The molecular weight excluding hydrogens is 344 g/mol. The molecule has 5 N–H and O–H groups in total. The van der Waals surface area contributed by atoms with Crippen molar-refractivity contribution in [2.24, 2.45) is 0 Å². The van der Waals surface area contributed by atoms with Crippen molar-refractivity contribution < 1.29 is 20.4 Å². The third-order valence-electron chi connectivity index (χ3n) is 4.32. The van der Waals surface area contributed by atoms with Gasteiger partial charge in [0.05, 0.1) is 0 Å². The molecule has 134 valence electrons. The van der Waals surface area contributed by atoms with E-state index >= 15 is 0 Å². The number of hydrogen-bond donors (Lipinski definition) is 4. The normalized spacial score (nSPS) is 15.1. The zero-order chi connectivity index (χ0) is 19.2. The Morgan fingerprint density at radius 1 is 0.429 bits per heavy atom. The van der Waals surface area contributed by atoms with Gasteiger partial charge in [-0.15, -0.1) is 0 Å². The van der Waals surface area contributed by atoms with Crippen LogP contribution in [0.25, 0.3) is 0 Å². The van der Waals surface area contributed by atoms with Crippen LogP contribution in [0.5, 0.6) is 0 Å². The van der Waals surface area contributed by atoms with Crippen molar-refractivity contribution >= 4 is 39.9 Å². The van der Waals surface area contributed by atoms with Crippen molar-refractivity contribution in [2.75, 3.05) is 0 Å². The molecule has 0 spiro atoms. The van der Waals surface area contributed by atoms with Crippen molar-refractivity contribution in [3.05, 3.63) is 103 Å². The highest BCUT2D eigenvalue weighted by Crippen LogP contribution is 2.04. The van der Waals surface area contributed by atoms with E-state index in [-0.39, 0.29) is 0 Å². The molecule has 0 amide bonds. The van der Waals surface area contributed by atoms with Gasteiger partial charge in [0.2, 0.25) is 34.2 Å². The number of para-hydroxylation sites is 1. The molecule has 0 saturated heterocycles. The predicted octanol–water partition coefficient (Wildman–Crippen LogP) is -1.70. The molecule has 0 aliphatic heterocycles. The van der Waals surface area contributed by atoms with Crippen LogP contribution in [0, 0.1) is 0 Å². The van der Waals surface area contributed by atoms with Gasteiger partial charge >= 0.3 is 0 Å². The smallest absolute Gasteiger partial charge is 0.204 e. The highest BCUT2D eigenvalue weighted by Gasteiger charge is 2.10. The second-order valence-electron chi connectivity index (χ2n) is 6.52. The van der Waals surface area contributed by atoms with Crippen LogP contribution in [0.2, 0.25) is 0 Å². The molecule has 4 heteroatoms. The maximum atomic E-state index is 5.72. The fourth-order valence-electron chi connectivity index (χ4n) is 2.86. The Balaban J connectivity index is 1.45. The van der Waals surface area contributed by atoms with E-state index in [2.05, 4.69) is 51.4 Å². The van der Waals surface area contributed by atoms with Gasteiger partial charge in [-0.25, -0.2) is 15.0 Å². The highest BCUT2D eigenvalue weighted by atomic mass is 14.8. The molecular formula is C24H22N4+4. The average molecular weight is 366 g/mol. The zero-order valence-corrected chi connectivity index (χ0v) is 15.4. The van der Waals surface area contributed by atoms with E-state index in [4.69, 9.17) is 5.41 Å². The van der Waals surface area contributed by atoms with Crippen LogP contribution >= 0.6 is 0 Å². The monoisotopic (exact) mass is 366 g/mol. The SMILES string of the molecule is [NH2+]=C1C=CC(=[NH+]c2ccc([NH+]=C3C=CC(=[NH+]c4ccccc4)C=C3)cc2)C=C1. The molecule has 2 aliphatic carbocycles. The third-order valence-corrected chi connectivity index (χ3v) is 4.32. The van der Waals surface area contributed by atoms with Gasteiger partial charge in [0.25, 0.3) is 0 Å². The Morgan fingerprint density at radius 3 is 1.21 bits per heavy atom. The minimum Gasteiger partial charge on any atom is -0.254 e. The van der Waals surface area contributed by atoms with Gasteiger partial charge in [0, 0.05) is 85.0 Å². The lowest BCUT2D eigenvalue weighted by atomic mass is 10.1. The zero-order valence-electron chi connectivity index (χ0n) is 15.4. The standard InChI is InChI=1S/C24H18N4/c25-18-6-8-20(9-7-18)27-22-14-16-24(17-15-22)28-23-12-10-21(11-13-23)26-19-4-2-1-3-5-19/h1-17,25H/p+4. The first-order valence-electron chi connectivity index (χ1n) is 9.16. The minimum absolute atomic E-state index is 0.759. The number of rotatable bonds is 3. The predicted molar refractivity (Wildman–Crippen MR) is 113 cm³/mol. The fourth-order valence-corrected chi connectivity index (χ4v) is 2.86. The number of benzene rings is 2. The molecule has 0 radical (unpaired) electrons. The maximum Gasteiger partial charge on any atom is 0.204 e. The van der Waals surface area contributed by atoms with Gasteiger partial charge in [-0.05, 0) is 0 Å². The fraction of sp³-hybridized carbons (Fsp3) is 0. The summed E-state index contributed by atoms with van der Waals surface area (Å²) >= 11 is 0. The van der Waals surface area contributed by atoms with E-state index in [0.717, 1.165) is 39.9 Å². The highest BCUT2D eigenvalue weighted by molar-refractivity contribution is 6.15. The second kappa shape index (κ2) is 8.18. The molecule has 0 bridgehead atoms. The molecule has 0 heterocycles. The number of nitrogens with one attached hydrogen (secondary N) is 3. The number of hydrogen-bond acceptors (Lipinski definition) is 0. The molecule has 2 aromatic rings. The molecule has 2 aliphatic rings. The first-order chi connectivity index (χ1) is 13.7. The number of allylic oxidation sites excluding steroid dienone is 8. The Labute approximate surface area is 163 Å². The van der Waals surface area contributed by atoms with Gasteiger partial charge in [0.15, 0.2) is 5.71 Å². The van der Waals surface area contributed by atoms with Gasteiger partial charge in [-0.1, -0.05) is 18.2 Å². The van der Waals surface area contributed by atoms with E-state index in [9.17, 15) is 0 Å². The largest absolute Gasteiger partial charge is 0.254 e. The molecule has 4 rings (SSSR count). The lowest BCUT2D eigenvalue weighted by molar-refractivity contribution is -0.357. The van der Waals surface area contributed by atoms with Crippen LogP contribution in [0.1, 0.15) is 0 Å². The summed E-state index contributed by atoms with van der Waals surface area (Å²) in [5, 5.41) is 5.72. The first kappa shape index (κ1) is 17.5. The lowest BCUT2D eigenvalue weighted by Gasteiger charge is -1.95. The van der Waals surface area contributed by atoms with E-state index < -0.39 is 0 Å². The van der Waals surface area contributed by atoms with E-state index in [0.29, 0.717) is 0 Å². The summed E-state index contributed by atoms with van der Waals surface area (Å²) in [6, 6.07) is 18.3. The lowest BCUT2D eigenvalue weighted by Crippen LogP contribution is -2.68. The van der Waals surface area contributed by atoms with Crippen molar-refractivity contribution in [3.63, 3.8) is 0 Å². The van der Waals surface area contributed by atoms with Gasteiger partial charge in [-0.2, -0.15) is 0 Å². The first-order valence-corrected chi connectivity index (χ1v) is 9.16. The maximum absolute atomic E-state index is 5.72. The molecule has 0 fully saturated rings. The Bertz CT molecular complexity index is 1060.